The molecule has 138 valence electrons. The molecule has 10 nitrogen and oxygen atoms in total. The van der Waals surface area contributed by atoms with Gasteiger partial charge in [-0.2, -0.15) is 5.10 Å². The maximum absolute atomic E-state index is 12.5. The summed E-state index contributed by atoms with van der Waals surface area (Å²) < 4.78 is 8.18. The van der Waals surface area contributed by atoms with Crippen molar-refractivity contribution in [1.29, 1.82) is 0 Å². The van der Waals surface area contributed by atoms with E-state index in [0.717, 1.165) is 17.4 Å². The molecule has 3 N–H and O–H groups in total. The summed E-state index contributed by atoms with van der Waals surface area (Å²) in [6.45, 7) is 0. The van der Waals surface area contributed by atoms with E-state index in [4.69, 9.17) is 10.3 Å². The molecule has 0 spiro atoms. The van der Waals surface area contributed by atoms with E-state index in [0.29, 0.717) is 32.9 Å². The Bertz CT molecular complexity index is 1320. The standard InChI is InChI=1S/C17H12N8O2S/c18-24-14(12-7-4-8-27-12)22-23-17(24)28-16-20-13-11(15(26)21-16)9-19-25(13)10-5-2-1-3-6-10/h1-9H,18H2,(H,20,21,26). The Kier molecular flexibility index (Phi) is 3.72. The lowest BCUT2D eigenvalue weighted by molar-refractivity contribution is 0.574. The fraction of sp³-hybridized carbons (Fsp3) is 0. The second kappa shape index (κ2) is 6.39. The zero-order valence-electron chi connectivity index (χ0n) is 14.2. The number of H-pyrrole nitrogens is 1. The van der Waals surface area contributed by atoms with Gasteiger partial charge in [0.05, 0.1) is 18.1 Å². The maximum Gasteiger partial charge on any atom is 0.262 e. The number of hydrogen-bond donors (Lipinski definition) is 2. The highest BCUT2D eigenvalue weighted by molar-refractivity contribution is 7.99. The number of nitrogens with one attached hydrogen (secondary N) is 1. The van der Waals surface area contributed by atoms with Crippen LogP contribution in [0.15, 0.2) is 74.4 Å². The van der Waals surface area contributed by atoms with E-state index >= 15 is 0 Å². The lowest BCUT2D eigenvalue weighted by atomic mass is 10.3. The van der Waals surface area contributed by atoms with Crippen LogP contribution in [0.1, 0.15) is 0 Å². The fourth-order valence-electron chi connectivity index (χ4n) is 2.71. The first-order chi connectivity index (χ1) is 13.7. The number of rotatable bonds is 4. The summed E-state index contributed by atoms with van der Waals surface area (Å²) in [7, 11) is 0. The molecule has 0 radical (unpaired) electrons. The van der Waals surface area contributed by atoms with E-state index in [1.165, 1.54) is 17.1 Å². The molecule has 0 unspecified atom stereocenters. The predicted octanol–water partition coefficient (Wildman–Crippen LogP) is 1.83. The largest absolute Gasteiger partial charge is 0.461 e. The van der Waals surface area contributed by atoms with E-state index < -0.39 is 0 Å². The molecule has 5 rings (SSSR count). The van der Waals surface area contributed by atoms with Crippen molar-refractivity contribution in [3.8, 4) is 17.3 Å². The van der Waals surface area contributed by atoms with Gasteiger partial charge in [0, 0.05) is 0 Å². The number of nitrogen functional groups attached to an aromatic ring is 1. The lowest BCUT2D eigenvalue weighted by Gasteiger charge is -2.04. The number of nitrogens with zero attached hydrogens (tertiary/aromatic N) is 6. The highest BCUT2D eigenvalue weighted by atomic mass is 32.2. The smallest absolute Gasteiger partial charge is 0.262 e. The first kappa shape index (κ1) is 16.3. The van der Waals surface area contributed by atoms with Crippen LogP contribution in [-0.4, -0.2) is 34.6 Å². The monoisotopic (exact) mass is 392 g/mol. The van der Waals surface area contributed by atoms with E-state index in [-0.39, 0.29) is 5.56 Å². The van der Waals surface area contributed by atoms with Gasteiger partial charge in [0.2, 0.25) is 11.0 Å². The van der Waals surface area contributed by atoms with Crippen molar-refractivity contribution in [2.75, 3.05) is 5.84 Å². The topological polar surface area (TPSA) is 133 Å². The fourth-order valence-corrected chi connectivity index (χ4v) is 3.43. The Labute approximate surface area is 161 Å². The van der Waals surface area contributed by atoms with Crippen molar-refractivity contribution in [1.82, 2.24) is 34.6 Å². The van der Waals surface area contributed by atoms with E-state index in [1.807, 2.05) is 30.3 Å². The minimum Gasteiger partial charge on any atom is -0.461 e. The van der Waals surface area contributed by atoms with E-state index in [1.54, 1.807) is 16.8 Å². The maximum atomic E-state index is 12.5. The van der Waals surface area contributed by atoms with Crippen molar-refractivity contribution in [3.63, 3.8) is 0 Å². The zero-order chi connectivity index (χ0) is 19.1. The van der Waals surface area contributed by atoms with Crippen LogP contribution in [0.5, 0.6) is 0 Å². The van der Waals surface area contributed by atoms with Gasteiger partial charge in [-0.05, 0) is 36.0 Å². The number of aromatic amines is 1. The van der Waals surface area contributed by atoms with Crippen molar-refractivity contribution in [3.05, 3.63) is 65.3 Å². The average molecular weight is 392 g/mol. The summed E-state index contributed by atoms with van der Waals surface area (Å²) in [5.41, 5.74) is 0.935. The molecule has 0 atom stereocenters. The Morgan fingerprint density at radius 2 is 1.96 bits per heavy atom. The summed E-state index contributed by atoms with van der Waals surface area (Å²) in [6.07, 6.45) is 3.01. The van der Waals surface area contributed by atoms with Crippen molar-refractivity contribution in [2.45, 2.75) is 10.3 Å². The Morgan fingerprint density at radius 3 is 2.75 bits per heavy atom. The molecule has 0 bridgehead atoms. The van der Waals surface area contributed by atoms with Crippen LogP contribution in [-0.2, 0) is 0 Å². The molecular formula is C17H12N8O2S. The molecule has 4 aromatic heterocycles. The quantitative estimate of drug-likeness (QED) is 0.349. The third-order valence-corrected chi connectivity index (χ3v) is 4.86. The van der Waals surface area contributed by atoms with E-state index in [9.17, 15) is 4.79 Å². The van der Waals surface area contributed by atoms with Gasteiger partial charge in [-0.25, -0.2) is 14.3 Å². The Hall–Kier alpha value is -3.86. The number of nitrogens with two attached hydrogens (primary N) is 1. The zero-order valence-corrected chi connectivity index (χ0v) is 15.0. The molecule has 28 heavy (non-hydrogen) atoms. The first-order valence-corrected chi connectivity index (χ1v) is 8.98. The van der Waals surface area contributed by atoms with Crippen LogP contribution in [0.3, 0.4) is 0 Å². The summed E-state index contributed by atoms with van der Waals surface area (Å²) in [4.78, 5) is 19.7. The van der Waals surface area contributed by atoms with Crippen LogP contribution < -0.4 is 11.4 Å². The molecule has 1 aromatic carbocycles. The number of para-hydroxylation sites is 1. The minimum absolute atomic E-state index is 0.302. The van der Waals surface area contributed by atoms with Crippen LogP contribution in [0.4, 0.5) is 0 Å². The highest BCUT2D eigenvalue weighted by Gasteiger charge is 2.17. The van der Waals surface area contributed by atoms with Gasteiger partial charge in [0.1, 0.15) is 5.39 Å². The van der Waals surface area contributed by atoms with Crippen LogP contribution in [0.25, 0.3) is 28.3 Å². The number of furan rings is 1. The number of hydrogen-bond acceptors (Lipinski definition) is 8. The van der Waals surface area contributed by atoms with Gasteiger partial charge in [-0.3, -0.25) is 4.79 Å². The molecule has 0 aliphatic rings. The molecule has 5 aromatic rings. The molecule has 0 amide bonds. The lowest BCUT2D eigenvalue weighted by Crippen LogP contribution is -2.13. The highest BCUT2D eigenvalue weighted by Crippen LogP contribution is 2.26. The number of fused-ring (bicyclic) bond motifs is 1. The molecule has 11 heteroatoms. The van der Waals surface area contributed by atoms with Gasteiger partial charge < -0.3 is 15.2 Å². The van der Waals surface area contributed by atoms with Crippen molar-refractivity contribution < 1.29 is 4.42 Å². The second-order valence-corrected chi connectivity index (χ2v) is 6.71. The molecule has 0 saturated carbocycles. The SMILES string of the molecule is Nn1c(Sc2nc3c(cnn3-c3ccccc3)c(=O)[nH]2)nnc1-c1ccco1. The van der Waals surface area contributed by atoms with Crippen LogP contribution in [0.2, 0.25) is 0 Å². The normalized spacial score (nSPS) is 11.3. The predicted molar refractivity (Wildman–Crippen MR) is 101 cm³/mol. The van der Waals surface area contributed by atoms with Crippen molar-refractivity contribution >= 4 is 22.8 Å². The first-order valence-electron chi connectivity index (χ1n) is 8.16. The summed E-state index contributed by atoms with van der Waals surface area (Å²) in [5, 5.41) is 13.4. The van der Waals surface area contributed by atoms with Crippen molar-refractivity contribution in [2.24, 2.45) is 0 Å². The third-order valence-electron chi connectivity index (χ3n) is 4.01. The number of aromatic nitrogens is 7. The van der Waals surface area contributed by atoms with Gasteiger partial charge in [0.15, 0.2) is 16.6 Å². The second-order valence-electron chi connectivity index (χ2n) is 5.76. The van der Waals surface area contributed by atoms with Gasteiger partial charge in [-0.15, -0.1) is 10.2 Å². The Morgan fingerprint density at radius 1 is 1.11 bits per heavy atom. The molecule has 0 aliphatic carbocycles. The summed E-state index contributed by atoms with van der Waals surface area (Å²) in [6, 6.07) is 12.9. The van der Waals surface area contributed by atoms with Crippen LogP contribution in [0, 0.1) is 0 Å². The molecule has 0 saturated heterocycles. The van der Waals surface area contributed by atoms with Gasteiger partial charge >= 0.3 is 0 Å². The molecule has 0 fully saturated rings. The Balaban J connectivity index is 1.56. The minimum atomic E-state index is -0.302. The molecular weight excluding hydrogens is 380 g/mol. The van der Waals surface area contributed by atoms with Gasteiger partial charge in [-0.1, -0.05) is 18.2 Å². The number of benzene rings is 1. The third kappa shape index (κ3) is 2.65. The van der Waals surface area contributed by atoms with E-state index in [2.05, 4.69) is 25.3 Å². The summed E-state index contributed by atoms with van der Waals surface area (Å²) in [5.74, 6) is 6.92. The molecule has 4 heterocycles. The summed E-state index contributed by atoms with van der Waals surface area (Å²) >= 11 is 1.08. The molecule has 0 aliphatic heterocycles. The average Bonchev–Trinajstić information content (AvgIpc) is 3.44. The van der Waals surface area contributed by atoms with Crippen LogP contribution >= 0.6 is 11.8 Å². The van der Waals surface area contributed by atoms with Gasteiger partial charge in [0.25, 0.3) is 5.56 Å².